The number of piperidine rings is 1. The Morgan fingerprint density at radius 1 is 1.14 bits per heavy atom. The lowest BCUT2D eigenvalue weighted by Gasteiger charge is -2.32. The summed E-state index contributed by atoms with van der Waals surface area (Å²) in [7, 11) is 1.61. The minimum absolute atomic E-state index is 0.0417. The molecule has 1 aromatic carbocycles. The summed E-state index contributed by atoms with van der Waals surface area (Å²) in [6, 6.07) is 10.2. The standard InChI is InChI=1S/C12H21F2N3O3.C12H16O.C2H6/c1-16(11(15)18)6-4-9-3-2-5-17(7-9)12(19)20-8-10(13)14;13-12-8-6-11(7-9-12)10-4-2-1-3-5-10;1-2/h9-10H,2-8H2,1H3,(H2,15,18);1-5,11-13H,6-9H2;1-2H3. The molecule has 7 nitrogen and oxygen atoms in total. The zero-order chi connectivity index (χ0) is 26.2. The van der Waals surface area contributed by atoms with Crippen molar-refractivity contribution in [2.75, 3.05) is 33.3 Å². The van der Waals surface area contributed by atoms with Crippen LogP contribution in [0.1, 0.15) is 70.3 Å². The minimum atomic E-state index is -2.65. The van der Waals surface area contributed by atoms with Crippen LogP contribution in [0.4, 0.5) is 18.4 Å². The molecule has 0 spiro atoms. The molecule has 1 unspecified atom stereocenters. The largest absolute Gasteiger partial charge is 0.443 e. The van der Waals surface area contributed by atoms with E-state index >= 15 is 0 Å². The molecule has 1 saturated carbocycles. The SMILES string of the molecule is CC.CN(CCC1CCCN(C(=O)OCC(F)F)C1)C(N)=O.OC1CCC(c2ccccc2)CC1. The highest BCUT2D eigenvalue weighted by atomic mass is 19.3. The maximum atomic E-state index is 12.0. The molecule has 1 aliphatic carbocycles. The number of nitrogens with two attached hydrogens (primary N) is 1. The second-order valence-corrected chi connectivity index (χ2v) is 8.89. The van der Waals surface area contributed by atoms with Gasteiger partial charge >= 0.3 is 12.1 Å². The number of carbonyl (C=O) groups excluding carboxylic acids is 2. The summed E-state index contributed by atoms with van der Waals surface area (Å²) < 4.78 is 28.5. The molecule has 1 heterocycles. The molecule has 3 rings (SSSR count). The second kappa shape index (κ2) is 17.1. The highest BCUT2D eigenvalue weighted by molar-refractivity contribution is 5.71. The van der Waals surface area contributed by atoms with Crippen molar-refractivity contribution >= 4 is 12.1 Å². The molecule has 200 valence electrons. The Bertz CT molecular complexity index is 716. The van der Waals surface area contributed by atoms with E-state index in [4.69, 9.17) is 5.73 Å². The summed E-state index contributed by atoms with van der Waals surface area (Å²) in [4.78, 5) is 25.3. The Labute approximate surface area is 208 Å². The molecule has 2 aliphatic rings. The number of likely N-dealkylation sites (tertiary alicyclic amines) is 1. The molecule has 1 saturated heterocycles. The van der Waals surface area contributed by atoms with Gasteiger partial charge in [0.15, 0.2) is 6.61 Å². The van der Waals surface area contributed by atoms with Gasteiger partial charge in [-0.3, -0.25) is 0 Å². The number of halogens is 2. The quantitative estimate of drug-likeness (QED) is 0.560. The van der Waals surface area contributed by atoms with Crippen molar-refractivity contribution in [2.45, 2.75) is 77.2 Å². The van der Waals surface area contributed by atoms with E-state index in [9.17, 15) is 23.5 Å². The summed E-state index contributed by atoms with van der Waals surface area (Å²) in [6.45, 7) is 4.63. The van der Waals surface area contributed by atoms with Gasteiger partial charge < -0.3 is 25.4 Å². The van der Waals surface area contributed by atoms with Gasteiger partial charge in [-0.25, -0.2) is 18.4 Å². The van der Waals surface area contributed by atoms with Crippen molar-refractivity contribution in [3.05, 3.63) is 35.9 Å². The first-order chi connectivity index (χ1) is 16.8. The molecule has 0 radical (unpaired) electrons. The normalized spacial score (nSPS) is 21.7. The average Bonchev–Trinajstić information content (AvgIpc) is 2.88. The number of primary amides is 1. The average molecular weight is 500 g/mol. The topological polar surface area (TPSA) is 96.1 Å². The van der Waals surface area contributed by atoms with Crippen molar-refractivity contribution in [3.63, 3.8) is 0 Å². The molecule has 2 fully saturated rings. The number of hydrogen-bond acceptors (Lipinski definition) is 4. The van der Waals surface area contributed by atoms with Crippen molar-refractivity contribution in [1.29, 1.82) is 0 Å². The predicted molar refractivity (Wildman–Crippen MR) is 133 cm³/mol. The van der Waals surface area contributed by atoms with Crippen LogP contribution in [0.25, 0.3) is 0 Å². The van der Waals surface area contributed by atoms with E-state index in [-0.39, 0.29) is 12.0 Å². The molecule has 1 aromatic rings. The maximum absolute atomic E-state index is 12.0. The van der Waals surface area contributed by atoms with Gasteiger partial charge in [-0.1, -0.05) is 44.2 Å². The molecule has 0 aromatic heterocycles. The van der Waals surface area contributed by atoms with Gasteiger partial charge in [0, 0.05) is 26.7 Å². The molecule has 3 N–H and O–H groups in total. The van der Waals surface area contributed by atoms with Crippen molar-refractivity contribution in [2.24, 2.45) is 11.7 Å². The number of urea groups is 1. The fourth-order valence-corrected chi connectivity index (χ4v) is 4.31. The number of alkyl halides is 2. The Hall–Kier alpha value is -2.42. The smallest absolute Gasteiger partial charge is 0.409 e. The number of aliphatic hydroxyl groups is 1. The monoisotopic (exact) mass is 499 g/mol. The van der Waals surface area contributed by atoms with Crippen molar-refractivity contribution < 1.29 is 28.2 Å². The van der Waals surface area contributed by atoms with E-state index in [0.717, 1.165) is 44.9 Å². The molecule has 9 heteroatoms. The van der Waals surface area contributed by atoms with Crippen LogP contribution in [-0.2, 0) is 4.74 Å². The minimum Gasteiger partial charge on any atom is -0.443 e. The summed E-state index contributed by atoms with van der Waals surface area (Å²) in [5, 5.41) is 9.37. The summed E-state index contributed by atoms with van der Waals surface area (Å²) in [6.07, 6.45) is 3.30. The lowest BCUT2D eigenvalue weighted by Crippen LogP contribution is -2.42. The first-order valence-corrected chi connectivity index (χ1v) is 12.7. The number of amides is 3. The van der Waals surface area contributed by atoms with Gasteiger partial charge in [0.25, 0.3) is 6.43 Å². The molecular formula is C26H43F2N3O4. The maximum Gasteiger partial charge on any atom is 0.409 e. The third-order valence-corrected chi connectivity index (χ3v) is 6.33. The van der Waals surface area contributed by atoms with Crippen LogP contribution in [0, 0.1) is 5.92 Å². The Balaban J connectivity index is 0.000000350. The van der Waals surface area contributed by atoms with Crippen LogP contribution < -0.4 is 5.73 Å². The lowest BCUT2D eigenvalue weighted by atomic mass is 9.83. The van der Waals surface area contributed by atoms with E-state index in [1.165, 1.54) is 15.4 Å². The van der Waals surface area contributed by atoms with Crippen LogP contribution in [0.5, 0.6) is 0 Å². The molecule has 3 amide bonds. The summed E-state index contributed by atoms with van der Waals surface area (Å²) in [5.74, 6) is 0.911. The molecule has 0 bridgehead atoms. The van der Waals surface area contributed by atoms with E-state index in [1.807, 2.05) is 13.8 Å². The van der Waals surface area contributed by atoms with Gasteiger partial charge in [-0.05, 0) is 62.3 Å². The Morgan fingerprint density at radius 2 is 1.77 bits per heavy atom. The molecule has 1 atom stereocenters. The molecule has 35 heavy (non-hydrogen) atoms. The lowest BCUT2D eigenvalue weighted by molar-refractivity contribution is 0.0251. The van der Waals surface area contributed by atoms with Crippen LogP contribution in [0.15, 0.2) is 30.3 Å². The number of carbonyl (C=O) groups is 2. The van der Waals surface area contributed by atoms with Gasteiger partial charge in [-0.2, -0.15) is 0 Å². The fourth-order valence-electron chi connectivity index (χ4n) is 4.31. The van der Waals surface area contributed by atoms with Crippen LogP contribution >= 0.6 is 0 Å². The first kappa shape index (κ1) is 30.6. The van der Waals surface area contributed by atoms with E-state index in [1.54, 1.807) is 7.05 Å². The molecule has 1 aliphatic heterocycles. The van der Waals surface area contributed by atoms with Gasteiger partial charge in [-0.15, -0.1) is 0 Å². The highest BCUT2D eigenvalue weighted by Gasteiger charge is 2.25. The second-order valence-electron chi connectivity index (χ2n) is 8.89. The zero-order valence-electron chi connectivity index (χ0n) is 21.4. The van der Waals surface area contributed by atoms with Crippen LogP contribution in [0.2, 0.25) is 0 Å². The first-order valence-electron chi connectivity index (χ1n) is 12.7. The number of ether oxygens (including phenoxy) is 1. The van der Waals surface area contributed by atoms with Gasteiger partial charge in [0.05, 0.1) is 6.10 Å². The number of benzene rings is 1. The van der Waals surface area contributed by atoms with Gasteiger partial charge in [0.1, 0.15) is 0 Å². The molecular weight excluding hydrogens is 456 g/mol. The summed E-state index contributed by atoms with van der Waals surface area (Å²) >= 11 is 0. The fraction of sp³-hybridized carbons (Fsp3) is 0.692. The predicted octanol–water partition coefficient (Wildman–Crippen LogP) is 5.23. The van der Waals surface area contributed by atoms with Crippen LogP contribution in [-0.4, -0.2) is 72.8 Å². The van der Waals surface area contributed by atoms with Crippen LogP contribution in [0.3, 0.4) is 0 Å². The third kappa shape index (κ3) is 12.2. The number of nitrogens with zero attached hydrogens (tertiary/aromatic N) is 2. The van der Waals surface area contributed by atoms with Crippen molar-refractivity contribution in [3.8, 4) is 0 Å². The Kier molecular flexibility index (Phi) is 14.9. The number of aliphatic hydroxyl groups excluding tert-OH is 1. The highest BCUT2D eigenvalue weighted by Crippen LogP contribution is 2.32. The third-order valence-electron chi connectivity index (χ3n) is 6.33. The summed E-state index contributed by atoms with van der Waals surface area (Å²) in [5.41, 5.74) is 6.57. The van der Waals surface area contributed by atoms with Gasteiger partial charge in [0.2, 0.25) is 0 Å². The zero-order valence-corrected chi connectivity index (χ0v) is 21.4. The Morgan fingerprint density at radius 3 is 2.34 bits per heavy atom. The number of rotatable bonds is 6. The van der Waals surface area contributed by atoms with Crippen molar-refractivity contribution in [1.82, 2.24) is 9.80 Å². The van der Waals surface area contributed by atoms with E-state index in [0.29, 0.717) is 25.6 Å². The number of hydrogen-bond donors (Lipinski definition) is 2. The van der Waals surface area contributed by atoms with E-state index < -0.39 is 25.2 Å². The van der Waals surface area contributed by atoms with E-state index in [2.05, 4.69) is 35.1 Å².